The second kappa shape index (κ2) is 9.32. The second-order valence-corrected chi connectivity index (χ2v) is 9.20. The Labute approximate surface area is 196 Å². The van der Waals surface area contributed by atoms with Crippen molar-refractivity contribution in [3.8, 4) is 0 Å². The Bertz CT molecular complexity index is 1210. The molecule has 0 aliphatic carbocycles. The van der Waals surface area contributed by atoms with E-state index in [1.807, 2.05) is 11.5 Å². The van der Waals surface area contributed by atoms with Gasteiger partial charge in [0, 0.05) is 43.5 Å². The molecule has 12 heteroatoms. The largest absolute Gasteiger partial charge is 0.417 e. The van der Waals surface area contributed by atoms with Crippen molar-refractivity contribution in [2.24, 2.45) is 0 Å². The highest BCUT2D eigenvalue weighted by Crippen LogP contribution is 2.35. The van der Waals surface area contributed by atoms with E-state index in [1.54, 1.807) is 6.20 Å². The van der Waals surface area contributed by atoms with E-state index in [9.17, 15) is 22.8 Å². The lowest BCUT2D eigenvalue weighted by Crippen LogP contribution is -2.30. The number of aromatic nitrogens is 4. The summed E-state index contributed by atoms with van der Waals surface area (Å²) >= 11 is 6.71. The number of Topliss-reactive ketones (excluding diaryl/α,β-unsaturated/α-hetero) is 2. The van der Waals surface area contributed by atoms with Gasteiger partial charge in [-0.3, -0.25) is 14.6 Å². The van der Waals surface area contributed by atoms with Crippen LogP contribution in [0.15, 0.2) is 24.7 Å². The van der Waals surface area contributed by atoms with Crippen molar-refractivity contribution in [3.05, 3.63) is 62.3 Å². The molecule has 0 radical (unpaired) electrons. The van der Waals surface area contributed by atoms with Crippen LogP contribution in [0, 0.1) is 0 Å². The molecule has 0 spiro atoms. The second-order valence-electron chi connectivity index (χ2n) is 7.73. The fourth-order valence-corrected chi connectivity index (χ4v) is 4.70. The molecule has 1 N–H and O–H groups in total. The predicted octanol–water partition coefficient (Wildman–Crippen LogP) is 4.31. The van der Waals surface area contributed by atoms with Crippen LogP contribution in [0.3, 0.4) is 0 Å². The zero-order chi connectivity index (χ0) is 23.8. The molecule has 1 atom stereocenters. The maximum atomic E-state index is 13.0. The number of rotatable bonds is 7. The van der Waals surface area contributed by atoms with E-state index >= 15 is 0 Å². The number of carbonyl (C=O) groups is 2. The molecule has 0 bridgehead atoms. The summed E-state index contributed by atoms with van der Waals surface area (Å²) in [5.41, 5.74) is -0.507. The van der Waals surface area contributed by atoms with Gasteiger partial charge in [-0.15, -0.1) is 11.3 Å². The maximum absolute atomic E-state index is 13.0. The number of fused-ring (bicyclic) bond motifs is 1. The quantitative estimate of drug-likeness (QED) is 0.489. The van der Waals surface area contributed by atoms with Crippen molar-refractivity contribution in [1.29, 1.82) is 0 Å². The van der Waals surface area contributed by atoms with E-state index in [0.717, 1.165) is 36.0 Å². The lowest BCUT2D eigenvalue weighted by molar-refractivity contribution is -0.137. The first-order valence-corrected chi connectivity index (χ1v) is 11.3. The Kier molecular flexibility index (Phi) is 6.64. The molecular weight excluding hydrogens is 479 g/mol. The minimum atomic E-state index is -4.64. The van der Waals surface area contributed by atoms with Gasteiger partial charge in [0.1, 0.15) is 11.5 Å². The maximum Gasteiger partial charge on any atom is 0.417 e. The molecular formula is C21H19ClF3N5O2S. The van der Waals surface area contributed by atoms with Gasteiger partial charge in [0.2, 0.25) is 0 Å². The van der Waals surface area contributed by atoms with Crippen LogP contribution in [0.4, 0.5) is 13.2 Å². The average Bonchev–Trinajstić information content (AvgIpc) is 3.42. The highest BCUT2D eigenvalue weighted by atomic mass is 35.5. The molecule has 4 rings (SSSR count). The summed E-state index contributed by atoms with van der Waals surface area (Å²) in [6.07, 6.45) is -0.885. The van der Waals surface area contributed by atoms with Crippen LogP contribution in [-0.4, -0.2) is 37.6 Å². The molecule has 7 nitrogen and oxygen atoms in total. The minimum absolute atomic E-state index is 0.0325. The third-order valence-electron chi connectivity index (χ3n) is 5.29. The summed E-state index contributed by atoms with van der Waals surface area (Å²) in [5.74, 6) is 0.125. The number of alkyl halides is 3. The number of halogens is 4. The zero-order valence-corrected chi connectivity index (χ0v) is 19.0. The first-order chi connectivity index (χ1) is 15.6. The smallest absolute Gasteiger partial charge is 0.323 e. The Hall–Kier alpha value is -2.63. The van der Waals surface area contributed by atoms with E-state index in [0.29, 0.717) is 28.7 Å². The van der Waals surface area contributed by atoms with Gasteiger partial charge in [-0.2, -0.15) is 13.2 Å². The predicted molar refractivity (Wildman–Crippen MR) is 116 cm³/mol. The van der Waals surface area contributed by atoms with Crippen LogP contribution in [0.25, 0.3) is 0 Å². The molecule has 1 aliphatic rings. The topological polar surface area (TPSA) is 89.8 Å². The van der Waals surface area contributed by atoms with E-state index < -0.39 is 22.5 Å². The van der Waals surface area contributed by atoms with Crippen LogP contribution in [0.2, 0.25) is 5.02 Å². The van der Waals surface area contributed by atoms with Gasteiger partial charge in [-0.1, -0.05) is 18.5 Å². The van der Waals surface area contributed by atoms with Crippen molar-refractivity contribution in [3.63, 3.8) is 0 Å². The Morgan fingerprint density at radius 2 is 2.00 bits per heavy atom. The van der Waals surface area contributed by atoms with Crippen molar-refractivity contribution >= 4 is 34.5 Å². The Balaban J connectivity index is 1.43. The van der Waals surface area contributed by atoms with Gasteiger partial charge in [0.15, 0.2) is 11.6 Å². The number of imidazole rings is 1. The summed E-state index contributed by atoms with van der Waals surface area (Å²) in [6.45, 7) is 3.91. The number of thiazole rings is 1. The fraction of sp³-hybridized carbons (Fsp3) is 0.381. The molecule has 3 aromatic rings. The molecule has 0 saturated carbocycles. The standard InChI is InChI=1S/C21H19ClF3N5O2S/c1-11(4-16(31)15-8-28-19-10-26-2-3-30(15)19)20-29-9-18(33-20)17(32)6-12-5-13(21(23,24)25)14(22)7-27-12/h5,7-9,11,26H,2-4,6,10H2,1H3/t11-/m0/s1. The zero-order valence-electron chi connectivity index (χ0n) is 17.4. The minimum Gasteiger partial charge on any atom is -0.323 e. The monoisotopic (exact) mass is 497 g/mol. The van der Waals surface area contributed by atoms with E-state index in [4.69, 9.17) is 11.6 Å². The molecule has 0 amide bonds. The molecule has 1 aliphatic heterocycles. The lowest BCUT2D eigenvalue weighted by atomic mass is 10.0. The molecule has 0 saturated heterocycles. The molecule has 174 valence electrons. The van der Waals surface area contributed by atoms with Gasteiger partial charge in [0.25, 0.3) is 0 Å². The van der Waals surface area contributed by atoms with Crippen LogP contribution >= 0.6 is 22.9 Å². The van der Waals surface area contributed by atoms with Crippen LogP contribution in [0.1, 0.15) is 61.5 Å². The van der Waals surface area contributed by atoms with Gasteiger partial charge < -0.3 is 9.88 Å². The molecule has 0 unspecified atom stereocenters. The summed E-state index contributed by atoms with van der Waals surface area (Å²) in [4.78, 5) is 38.1. The van der Waals surface area contributed by atoms with Crippen molar-refractivity contribution in [2.75, 3.05) is 6.54 Å². The van der Waals surface area contributed by atoms with Crippen LogP contribution in [-0.2, 0) is 25.7 Å². The van der Waals surface area contributed by atoms with Crippen molar-refractivity contribution in [1.82, 2.24) is 24.8 Å². The number of ketones is 2. The van der Waals surface area contributed by atoms with Gasteiger partial charge in [-0.25, -0.2) is 9.97 Å². The summed E-state index contributed by atoms with van der Waals surface area (Å²) in [5, 5.41) is 3.29. The Morgan fingerprint density at radius 3 is 2.76 bits per heavy atom. The van der Waals surface area contributed by atoms with Crippen molar-refractivity contribution < 1.29 is 22.8 Å². The van der Waals surface area contributed by atoms with Gasteiger partial charge in [-0.05, 0) is 6.07 Å². The highest BCUT2D eigenvalue weighted by Gasteiger charge is 2.34. The van der Waals surface area contributed by atoms with Crippen LogP contribution < -0.4 is 5.32 Å². The molecule has 0 aromatic carbocycles. The van der Waals surface area contributed by atoms with Gasteiger partial charge >= 0.3 is 6.18 Å². The summed E-state index contributed by atoms with van der Waals surface area (Å²) in [7, 11) is 0. The summed E-state index contributed by atoms with van der Waals surface area (Å²) in [6, 6.07) is 0.783. The van der Waals surface area contributed by atoms with E-state index in [2.05, 4.69) is 20.3 Å². The number of hydrogen-bond donors (Lipinski definition) is 1. The SMILES string of the molecule is C[C@@H](CC(=O)c1cnc2n1CCNC2)c1ncc(C(=O)Cc2cc(C(F)(F)F)c(Cl)cn2)s1. The third-order valence-corrected chi connectivity index (χ3v) is 6.86. The Morgan fingerprint density at radius 1 is 1.21 bits per heavy atom. The number of pyridine rings is 1. The number of carbonyl (C=O) groups excluding carboxylic acids is 2. The van der Waals surface area contributed by atoms with Gasteiger partial charge in [0.05, 0.1) is 39.6 Å². The molecule has 4 heterocycles. The first kappa shape index (κ1) is 23.5. The summed E-state index contributed by atoms with van der Waals surface area (Å²) < 4.78 is 41.0. The number of nitrogens with one attached hydrogen (secondary N) is 1. The highest BCUT2D eigenvalue weighted by molar-refractivity contribution is 7.13. The average molecular weight is 498 g/mol. The van der Waals surface area contributed by atoms with Crippen molar-refractivity contribution in [2.45, 2.75) is 44.9 Å². The molecule has 33 heavy (non-hydrogen) atoms. The molecule has 3 aromatic heterocycles. The van der Waals surface area contributed by atoms with Crippen LogP contribution in [0.5, 0.6) is 0 Å². The molecule has 0 fully saturated rings. The number of nitrogens with zero attached hydrogens (tertiary/aromatic N) is 4. The van der Waals surface area contributed by atoms with E-state index in [1.165, 1.54) is 6.20 Å². The number of hydrogen-bond acceptors (Lipinski definition) is 7. The first-order valence-electron chi connectivity index (χ1n) is 10.1. The third kappa shape index (κ3) is 5.15. The normalized spacial score (nSPS) is 14.7. The fourth-order valence-electron chi connectivity index (χ4n) is 3.58. The lowest BCUT2D eigenvalue weighted by Gasteiger charge is -2.17. The van der Waals surface area contributed by atoms with E-state index in [-0.39, 0.29) is 30.2 Å².